The van der Waals surface area contributed by atoms with Crippen molar-refractivity contribution in [2.75, 3.05) is 18.9 Å². The van der Waals surface area contributed by atoms with Crippen LogP contribution in [0, 0.1) is 0 Å². The molecular formula is C30H32N8O2. The van der Waals surface area contributed by atoms with Crippen molar-refractivity contribution in [3.8, 4) is 11.6 Å². The quantitative estimate of drug-likeness (QED) is 0.360. The molecule has 1 aromatic carbocycles. The smallest absolute Gasteiger partial charge is 0.278 e. The summed E-state index contributed by atoms with van der Waals surface area (Å²) in [5.41, 5.74) is 3.59. The highest BCUT2D eigenvalue weighted by atomic mass is 16.1. The molecule has 10 heteroatoms. The Labute approximate surface area is 231 Å². The zero-order chi connectivity index (χ0) is 28.2. The first-order valence-electron chi connectivity index (χ1n) is 13.4. The summed E-state index contributed by atoms with van der Waals surface area (Å²) in [6.07, 6.45) is 3.22. The fraction of sp³-hybridized carbons (Fsp3) is 0.300. The maximum atomic E-state index is 13.4. The molecule has 0 saturated heterocycles. The molecule has 0 aliphatic carbocycles. The van der Waals surface area contributed by atoms with E-state index in [9.17, 15) is 9.59 Å². The van der Waals surface area contributed by atoms with Crippen LogP contribution in [0.25, 0.3) is 22.7 Å². The molecule has 1 aliphatic rings. The van der Waals surface area contributed by atoms with Gasteiger partial charge in [-0.05, 0) is 62.4 Å². The number of nitrogens with one attached hydrogen (secondary N) is 1. The third kappa shape index (κ3) is 4.40. The monoisotopic (exact) mass is 536 g/mol. The molecule has 0 spiro atoms. The van der Waals surface area contributed by atoms with Gasteiger partial charge in [0.1, 0.15) is 11.2 Å². The summed E-state index contributed by atoms with van der Waals surface area (Å²) < 4.78 is 4.78. The van der Waals surface area contributed by atoms with Crippen LogP contribution in [-0.4, -0.2) is 47.4 Å². The van der Waals surface area contributed by atoms with Crippen molar-refractivity contribution < 1.29 is 0 Å². The number of pyridine rings is 2. The van der Waals surface area contributed by atoms with E-state index in [1.54, 1.807) is 46.0 Å². The molecule has 0 fully saturated rings. The van der Waals surface area contributed by atoms with Crippen molar-refractivity contribution in [1.82, 2.24) is 33.8 Å². The predicted octanol–water partition coefficient (Wildman–Crippen LogP) is 4.18. The average Bonchev–Trinajstić information content (AvgIpc) is 3.20. The Bertz CT molecular complexity index is 1860. The van der Waals surface area contributed by atoms with E-state index < -0.39 is 0 Å². The fourth-order valence-corrected chi connectivity index (χ4v) is 5.73. The molecule has 5 aromatic rings. The summed E-state index contributed by atoms with van der Waals surface area (Å²) in [4.78, 5) is 42.2. The van der Waals surface area contributed by atoms with Gasteiger partial charge in [-0.15, -0.1) is 0 Å². The molecule has 0 bridgehead atoms. The Morgan fingerprint density at radius 2 is 1.77 bits per heavy atom. The van der Waals surface area contributed by atoms with Crippen LogP contribution in [0.15, 0.2) is 76.6 Å². The van der Waals surface area contributed by atoms with Crippen LogP contribution in [0.1, 0.15) is 44.9 Å². The first-order valence-corrected chi connectivity index (χ1v) is 13.4. The summed E-state index contributed by atoms with van der Waals surface area (Å²) in [5.74, 6) is 1.29. The second-order valence-corrected chi connectivity index (χ2v) is 11.3. The standard InChI is InChI=1S/C30H32N8O2/c1-19(2)37-28(40)22-16-31-29(32-21-12-13-23-20(15-21)17-35(5)18-30(23,3)4)34-27(22)38(37)25-10-8-9-24(33-25)36-14-7-6-11-26(36)39/h6-16,19H,17-18H2,1-5H3,(H,31,32,34). The van der Waals surface area contributed by atoms with Crippen molar-refractivity contribution in [2.24, 2.45) is 0 Å². The molecule has 0 unspecified atom stereocenters. The normalized spacial score (nSPS) is 14.9. The summed E-state index contributed by atoms with van der Waals surface area (Å²) in [6.45, 7) is 10.3. The summed E-state index contributed by atoms with van der Waals surface area (Å²) in [5, 5.41) is 3.72. The van der Waals surface area contributed by atoms with Crippen LogP contribution >= 0.6 is 0 Å². The van der Waals surface area contributed by atoms with Gasteiger partial charge in [0.05, 0.1) is 0 Å². The van der Waals surface area contributed by atoms with E-state index in [0.29, 0.717) is 28.6 Å². The number of nitrogens with zero attached hydrogens (tertiary/aromatic N) is 7. The second-order valence-electron chi connectivity index (χ2n) is 11.3. The van der Waals surface area contributed by atoms with Crippen molar-refractivity contribution in [2.45, 2.75) is 45.7 Å². The number of hydrogen-bond acceptors (Lipinski definition) is 7. The number of aromatic nitrogens is 6. The Hall–Kier alpha value is -4.57. The van der Waals surface area contributed by atoms with Gasteiger partial charge in [0.25, 0.3) is 11.1 Å². The summed E-state index contributed by atoms with van der Waals surface area (Å²) in [6, 6.07) is 16.5. The van der Waals surface area contributed by atoms with E-state index in [2.05, 4.69) is 54.3 Å². The van der Waals surface area contributed by atoms with E-state index in [1.807, 2.05) is 19.9 Å². The Kier molecular flexibility index (Phi) is 6.14. The molecule has 4 aromatic heterocycles. The number of anilines is 2. The first-order chi connectivity index (χ1) is 19.1. The lowest BCUT2D eigenvalue weighted by Crippen LogP contribution is -2.39. The van der Waals surface area contributed by atoms with Crippen LogP contribution < -0.4 is 16.4 Å². The van der Waals surface area contributed by atoms with Crippen molar-refractivity contribution >= 4 is 22.7 Å². The molecule has 5 heterocycles. The number of benzene rings is 1. The molecular weight excluding hydrogens is 504 g/mol. The van der Waals surface area contributed by atoms with Gasteiger partial charge in [-0.25, -0.2) is 19.3 Å². The zero-order valence-corrected chi connectivity index (χ0v) is 23.3. The van der Waals surface area contributed by atoms with Gasteiger partial charge < -0.3 is 10.2 Å². The Morgan fingerprint density at radius 1 is 0.975 bits per heavy atom. The summed E-state index contributed by atoms with van der Waals surface area (Å²) >= 11 is 0. The number of rotatable bonds is 5. The van der Waals surface area contributed by atoms with Crippen LogP contribution in [0.2, 0.25) is 0 Å². The SMILES string of the molecule is CC(C)n1c(=O)c2cnc(Nc3ccc4c(c3)CN(C)CC4(C)C)nc2n1-c1cccc(-n2ccccc2=O)n1. The van der Waals surface area contributed by atoms with E-state index >= 15 is 0 Å². The highest BCUT2D eigenvalue weighted by Gasteiger charge is 2.30. The van der Waals surface area contributed by atoms with Crippen molar-refractivity contribution in [3.63, 3.8) is 0 Å². The van der Waals surface area contributed by atoms with Crippen LogP contribution in [0.5, 0.6) is 0 Å². The van der Waals surface area contributed by atoms with Gasteiger partial charge in [0.2, 0.25) is 5.95 Å². The molecule has 1 N–H and O–H groups in total. The molecule has 1 aliphatic heterocycles. The van der Waals surface area contributed by atoms with Gasteiger partial charge in [-0.1, -0.05) is 32.0 Å². The molecule has 6 rings (SSSR count). The molecule has 0 atom stereocenters. The molecule has 0 saturated carbocycles. The van der Waals surface area contributed by atoms with Crippen LogP contribution in [-0.2, 0) is 12.0 Å². The Balaban J connectivity index is 1.45. The Morgan fingerprint density at radius 3 is 2.55 bits per heavy atom. The van der Waals surface area contributed by atoms with Crippen LogP contribution in [0.4, 0.5) is 11.6 Å². The molecule has 0 radical (unpaired) electrons. The predicted molar refractivity (Wildman–Crippen MR) is 156 cm³/mol. The second kappa shape index (κ2) is 9.56. The van der Waals surface area contributed by atoms with Crippen LogP contribution in [0.3, 0.4) is 0 Å². The largest absolute Gasteiger partial charge is 0.324 e. The first kappa shape index (κ1) is 25.7. The van der Waals surface area contributed by atoms with Gasteiger partial charge in [-0.3, -0.25) is 14.2 Å². The van der Waals surface area contributed by atoms with E-state index in [1.165, 1.54) is 21.8 Å². The average molecular weight is 537 g/mol. The fourth-order valence-electron chi connectivity index (χ4n) is 5.73. The molecule has 40 heavy (non-hydrogen) atoms. The number of fused-ring (bicyclic) bond motifs is 2. The minimum absolute atomic E-state index is 0.0680. The van der Waals surface area contributed by atoms with Gasteiger partial charge in [-0.2, -0.15) is 4.98 Å². The number of hydrogen-bond donors (Lipinski definition) is 1. The van der Waals surface area contributed by atoms with Gasteiger partial charge in [0.15, 0.2) is 11.5 Å². The highest BCUT2D eigenvalue weighted by molar-refractivity contribution is 5.77. The lowest BCUT2D eigenvalue weighted by molar-refractivity contribution is 0.236. The molecule has 0 amide bonds. The minimum Gasteiger partial charge on any atom is -0.324 e. The lowest BCUT2D eigenvalue weighted by atomic mass is 9.78. The van der Waals surface area contributed by atoms with Crippen molar-refractivity contribution in [3.05, 3.63) is 98.8 Å². The van der Waals surface area contributed by atoms with E-state index in [0.717, 1.165) is 18.8 Å². The third-order valence-electron chi connectivity index (χ3n) is 7.31. The third-order valence-corrected chi connectivity index (χ3v) is 7.31. The molecule has 10 nitrogen and oxygen atoms in total. The lowest BCUT2D eigenvalue weighted by Gasteiger charge is -2.38. The van der Waals surface area contributed by atoms with E-state index in [-0.39, 0.29) is 22.6 Å². The highest BCUT2D eigenvalue weighted by Crippen LogP contribution is 2.34. The topological polar surface area (TPSA) is 103 Å². The molecule has 204 valence electrons. The zero-order valence-electron chi connectivity index (χ0n) is 23.3. The summed E-state index contributed by atoms with van der Waals surface area (Å²) in [7, 11) is 2.14. The maximum Gasteiger partial charge on any atom is 0.278 e. The van der Waals surface area contributed by atoms with Crippen molar-refractivity contribution in [1.29, 1.82) is 0 Å². The maximum absolute atomic E-state index is 13.4. The van der Waals surface area contributed by atoms with E-state index in [4.69, 9.17) is 9.97 Å². The van der Waals surface area contributed by atoms with Gasteiger partial charge in [0, 0.05) is 48.7 Å². The number of likely N-dealkylation sites (N-methyl/N-ethyl adjacent to an activating group) is 1. The minimum atomic E-state index is -0.209. The van der Waals surface area contributed by atoms with Gasteiger partial charge >= 0.3 is 0 Å².